The van der Waals surface area contributed by atoms with E-state index in [-0.39, 0.29) is 34.3 Å². The highest BCUT2D eigenvalue weighted by Crippen LogP contribution is 2.74. The monoisotopic (exact) mass is 405 g/mol. The Balaban J connectivity index is 1.21. The van der Waals surface area contributed by atoms with Gasteiger partial charge < -0.3 is 4.74 Å². The van der Waals surface area contributed by atoms with E-state index in [1.165, 1.54) is 18.5 Å². The Hall–Kier alpha value is -3.34. The summed E-state index contributed by atoms with van der Waals surface area (Å²) >= 11 is 0. The van der Waals surface area contributed by atoms with Crippen LogP contribution in [0.5, 0.6) is 5.88 Å². The van der Waals surface area contributed by atoms with E-state index in [2.05, 4.69) is 15.1 Å². The van der Waals surface area contributed by atoms with Crippen molar-refractivity contribution < 1.29 is 13.9 Å². The molecule has 6 rings (SSSR count). The molecule has 3 fully saturated rings. The molecule has 1 aromatic heterocycles. The summed E-state index contributed by atoms with van der Waals surface area (Å²) in [5.41, 5.74) is 1.20. The van der Waals surface area contributed by atoms with Crippen molar-refractivity contribution in [1.82, 2.24) is 15.0 Å². The Morgan fingerprint density at radius 3 is 2.80 bits per heavy atom. The van der Waals surface area contributed by atoms with E-state index in [1.807, 2.05) is 12.1 Å². The van der Waals surface area contributed by atoms with Gasteiger partial charge in [0, 0.05) is 18.1 Å². The highest BCUT2D eigenvalue weighted by molar-refractivity contribution is 5.88. The number of rotatable bonds is 5. The summed E-state index contributed by atoms with van der Waals surface area (Å²) in [4.78, 5) is 21.2. The summed E-state index contributed by atoms with van der Waals surface area (Å²) in [6, 6.07) is 6.79. The molecule has 0 saturated heterocycles. The number of nitriles is 1. The van der Waals surface area contributed by atoms with Crippen molar-refractivity contribution in [3.63, 3.8) is 0 Å². The predicted molar refractivity (Wildman–Crippen MR) is 105 cm³/mol. The first-order chi connectivity index (χ1) is 14.4. The smallest absolute Gasteiger partial charge is 0.249 e. The topological polar surface area (TPSA) is 91.5 Å². The molecule has 152 valence electrons. The number of ether oxygens (including phenoxy) is 1. The molecule has 0 spiro atoms. The molecule has 1 unspecified atom stereocenters. The number of halogens is 1. The van der Waals surface area contributed by atoms with E-state index >= 15 is 0 Å². The van der Waals surface area contributed by atoms with Gasteiger partial charge >= 0.3 is 0 Å². The number of carbonyl (C=O) groups excluding carboxylic acids is 1. The average molecular weight is 405 g/mol. The average Bonchev–Trinajstić information content (AvgIpc) is 3.18. The molecule has 7 nitrogen and oxygen atoms in total. The van der Waals surface area contributed by atoms with Crippen LogP contribution in [0.1, 0.15) is 48.5 Å². The first kappa shape index (κ1) is 18.7. The second-order valence-electron chi connectivity index (χ2n) is 8.66. The number of nitrogens with zero attached hydrogens (tertiary/aromatic N) is 5. The third kappa shape index (κ3) is 2.84. The van der Waals surface area contributed by atoms with Gasteiger partial charge in [0.2, 0.25) is 11.8 Å². The van der Waals surface area contributed by atoms with Gasteiger partial charge in [-0.15, -0.1) is 0 Å². The zero-order valence-electron chi connectivity index (χ0n) is 16.5. The molecular formula is C22H20FN5O2. The third-order valence-corrected chi connectivity index (χ3v) is 6.48. The second kappa shape index (κ2) is 6.59. The summed E-state index contributed by atoms with van der Waals surface area (Å²) in [5, 5.41) is 14.6. The maximum atomic E-state index is 14.0. The molecule has 2 bridgehead atoms. The molecule has 2 heterocycles. The lowest BCUT2D eigenvalue weighted by Crippen LogP contribution is -2.69. The molecular weight excluding hydrogens is 385 g/mol. The number of hydrazone groups is 1. The van der Waals surface area contributed by atoms with Gasteiger partial charge in [-0.2, -0.15) is 10.4 Å². The number of hydrogen-bond donors (Lipinski definition) is 0. The van der Waals surface area contributed by atoms with Crippen LogP contribution >= 0.6 is 0 Å². The Morgan fingerprint density at radius 1 is 1.33 bits per heavy atom. The lowest BCUT2D eigenvalue weighted by atomic mass is 9.35. The molecule has 1 amide bonds. The van der Waals surface area contributed by atoms with Gasteiger partial charge in [-0.1, -0.05) is 12.1 Å². The SMILES string of the molecule is Cc1ccc(C2CC=NN2C(=O)C23CC(COc4cnc(C#N)cn4)(C2)C3)cc1F. The van der Waals surface area contributed by atoms with Crippen molar-refractivity contribution in [2.24, 2.45) is 15.9 Å². The van der Waals surface area contributed by atoms with Crippen molar-refractivity contribution in [3.05, 3.63) is 53.2 Å². The minimum Gasteiger partial charge on any atom is -0.476 e. The zero-order chi connectivity index (χ0) is 20.9. The molecule has 2 aromatic rings. The number of carbonyl (C=O) groups is 1. The summed E-state index contributed by atoms with van der Waals surface area (Å²) in [6.45, 7) is 2.19. The molecule has 1 aliphatic heterocycles. The first-order valence-corrected chi connectivity index (χ1v) is 9.91. The molecule has 30 heavy (non-hydrogen) atoms. The number of hydrogen-bond acceptors (Lipinski definition) is 6. The van der Waals surface area contributed by atoms with Crippen molar-refractivity contribution >= 4 is 12.1 Å². The van der Waals surface area contributed by atoms with Crippen LogP contribution in [0.25, 0.3) is 0 Å². The van der Waals surface area contributed by atoms with Crippen molar-refractivity contribution in [3.8, 4) is 11.9 Å². The number of aryl methyl sites for hydroxylation is 1. The highest BCUT2D eigenvalue weighted by atomic mass is 19.1. The quantitative estimate of drug-likeness (QED) is 0.761. The van der Waals surface area contributed by atoms with E-state index in [4.69, 9.17) is 10.00 Å². The van der Waals surface area contributed by atoms with E-state index in [1.54, 1.807) is 24.2 Å². The summed E-state index contributed by atoms with van der Waals surface area (Å²) in [7, 11) is 0. The molecule has 3 saturated carbocycles. The fraction of sp³-hybridized carbons (Fsp3) is 0.409. The van der Waals surface area contributed by atoms with E-state index in [0.29, 0.717) is 24.5 Å². The first-order valence-electron chi connectivity index (χ1n) is 9.91. The van der Waals surface area contributed by atoms with E-state index in [0.717, 1.165) is 24.8 Å². The number of benzene rings is 1. The van der Waals surface area contributed by atoms with Crippen LogP contribution in [0.15, 0.2) is 35.7 Å². The van der Waals surface area contributed by atoms with Gasteiger partial charge in [-0.05, 0) is 43.4 Å². The van der Waals surface area contributed by atoms with Gasteiger partial charge in [0.1, 0.15) is 11.9 Å². The van der Waals surface area contributed by atoms with Gasteiger partial charge in [-0.25, -0.2) is 19.4 Å². The summed E-state index contributed by atoms with van der Waals surface area (Å²) in [6.07, 6.45) is 7.40. The zero-order valence-corrected chi connectivity index (χ0v) is 16.5. The Labute approximate surface area is 173 Å². The van der Waals surface area contributed by atoms with Crippen LogP contribution in [0.3, 0.4) is 0 Å². The third-order valence-electron chi connectivity index (χ3n) is 6.48. The standard InChI is InChI=1S/C22H20FN5O2/c1-14-2-3-15(6-17(14)23)18-4-5-27-28(18)20(29)22-10-21(11-22,12-22)13-30-19-9-25-16(7-24)8-26-19/h2-3,5-6,8-9,18H,4,10-13H2,1H3. The van der Waals surface area contributed by atoms with Crippen molar-refractivity contribution in [1.29, 1.82) is 5.26 Å². The van der Waals surface area contributed by atoms with Crippen LogP contribution in [-0.2, 0) is 4.79 Å². The number of amides is 1. The molecule has 1 aromatic carbocycles. The fourth-order valence-corrected chi connectivity index (χ4v) is 5.00. The fourth-order valence-electron chi connectivity index (χ4n) is 5.00. The normalized spacial score (nSPS) is 28.4. The Morgan fingerprint density at radius 2 is 2.13 bits per heavy atom. The van der Waals surface area contributed by atoms with Crippen LogP contribution < -0.4 is 4.74 Å². The lowest BCUT2D eigenvalue weighted by Gasteiger charge is -2.69. The van der Waals surface area contributed by atoms with Crippen LogP contribution in [0.2, 0.25) is 0 Å². The summed E-state index contributed by atoms with van der Waals surface area (Å²) in [5.74, 6) is 0.131. The van der Waals surface area contributed by atoms with Crippen LogP contribution in [-0.4, -0.2) is 33.7 Å². The molecule has 0 radical (unpaired) electrons. The Bertz CT molecular complexity index is 1070. The van der Waals surface area contributed by atoms with Crippen molar-refractivity contribution in [2.75, 3.05) is 6.61 Å². The largest absolute Gasteiger partial charge is 0.476 e. The molecule has 4 aliphatic rings. The Kier molecular flexibility index (Phi) is 4.10. The molecule has 0 N–H and O–H groups in total. The maximum absolute atomic E-state index is 14.0. The maximum Gasteiger partial charge on any atom is 0.249 e. The lowest BCUT2D eigenvalue weighted by molar-refractivity contribution is -0.227. The number of aromatic nitrogens is 2. The second-order valence-corrected chi connectivity index (χ2v) is 8.66. The minimum absolute atomic E-state index is 0.0137. The van der Waals surface area contributed by atoms with E-state index < -0.39 is 0 Å². The van der Waals surface area contributed by atoms with Crippen LogP contribution in [0.4, 0.5) is 4.39 Å². The van der Waals surface area contributed by atoms with Crippen LogP contribution in [0, 0.1) is 34.9 Å². The van der Waals surface area contributed by atoms with Gasteiger partial charge in [0.05, 0.1) is 30.5 Å². The molecule has 8 heteroatoms. The van der Waals surface area contributed by atoms with Crippen molar-refractivity contribution in [2.45, 2.75) is 38.6 Å². The van der Waals surface area contributed by atoms with Gasteiger partial charge in [0.15, 0.2) is 5.69 Å². The molecule has 3 aliphatic carbocycles. The predicted octanol–water partition coefficient (Wildman–Crippen LogP) is 3.30. The van der Waals surface area contributed by atoms with Gasteiger partial charge in [0.25, 0.3) is 0 Å². The van der Waals surface area contributed by atoms with E-state index in [9.17, 15) is 9.18 Å². The van der Waals surface area contributed by atoms with Gasteiger partial charge in [-0.3, -0.25) is 4.79 Å². The molecule has 1 atom stereocenters. The highest BCUT2D eigenvalue weighted by Gasteiger charge is 2.73. The minimum atomic E-state index is -0.386. The summed E-state index contributed by atoms with van der Waals surface area (Å²) < 4.78 is 19.8.